The molecule has 1 aromatic heterocycles. The van der Waals surface area contributed by atoms with Gasteiger partial charge in [-0.2, -0.15) is 13.2 Å². The van der Waals surface area contributed by atoms with Crippen molar-refractivity contribution in [3.63, 3.8) is 0 Å². The second-order valence-electron chi connectivity index (χ2n) is 3.50. The van der Waals surface area contributed by atoms with Gasteiger partial charge in [-0.05, 0) is 18.6 Å². The van der Waals surface area contributed by atoms with Crippen molar-refractivity contribution < 1.29 is 18.0 Å². The summed E-state index contributed by atoms with van der Waals surface area (Å²) in [6.07, 6.45) is -0.811. The number of rotatable bonds is 2. The molecular weight excluding hydrogens is 251 g/mol. The lowest BCUT2D eigenvalue weighted by Crippen LogP contribution is -2.08. The Morgan fingerprint density at radius 1 is 1.47 bits per heavy atom. The van der Waals surface area contributed by atoms with Crippen LogP contribution in [0.3, 0.4) is 0 Å². The van der Waals surface area contributed by atoms with Gasteiger partial charge in [-0.25, -0.2) is 0 Å². The summed E-state index contributed by atoms with van der Waals surface area (Å²) in [6, 6.07) is 3.15. The van der Waals surface area contributed by atoms with Gasteiger partial charge < -0.3 is 0 Å². The average molecular weight is 259 g/mol. The normalized spacial score (nSPS) is 20.2. The molecule has 1 aliphatic rings. The highest BCUT2D eigenvalue weighted by atomic mass is 32.2. The summed E-state index contributed by atoms with van der Waals surface area (Å²) in [5, 5.41) is -0.423. The van der Waals surface area contributed by atoms with Crippen LogP contribution in [0.1, 0.15) is 27.7 Å². The van der Waals surface area contributed by atoms with Gasteiger partial charge in [0, 0.05) is 11.8 Å². The zero-order valence-corrected chi connectivity index (χ0v) is 9.39. The van der Waals surface area contributed by atoms with Crippen molar-refractivity contribution in [1.29, 1.82) is 0 Å². The highest BCUT2D eigenvalue weighted by Crippen LogP contribution is 2.49. The summed E-state index contributed by atoms with van der Waals surface area (Å²) in [6.45, 7) is 0. The molecule has 2 rings (SSSR count). The smallest absolute Gasteiger partial charge is 0.298 e. The van der Waals surface area contributed by atoms with Crippen LogP contribution in [0, 0.1) is 0 Å². The SMILES string of the molecule is O=Cc1cccnc1C1CC=C(C(F)(F)F)S1. The van der Waals surface area contributed by atoms with Crippen LogP contribution in [0.25, 0.3) is 0 Å². The molecule has 0 saturated carbocycles. The van der Waals surface area contributed by atoms with E-state index >= 15 is 0 Å². The molecule has 0 fully saturated rings. The Bertz CT molecular complexity index is 470. The van der Waals surface area contributed by atoms with Crippen molar-refractivity contribution in [3.8, 4) is 0 Å². The molecular formula is C11H8F3NOS. The summed E-state index contributed by atoms with van der Waals surface area (Å²) in [4.78, 5) is 14.2. The van der Waals surface area contributed by atoms with Gasteiger partial charge in [0.25, 0.3) is 0 Å². The number of nitrogens with zero attached hydrogens (tertiary/aromatic N) is 1. The quantitative estimate of drug-likeness (QED) is 0.761. The van der Waals surface area contributed by atoms with E-state index in [1.807, 2.05) is 0 Å². The van der Waals surface area contributed by atoms with E-state index in [0.717, 1.165) is 6.08 Å². The largest absolute Gasteiger partial charge is 0.421 e. The highest BCUT2D eigenvalue weighted by Gasteiger charge is 2.39. The van der Waals surface area contributed by atoms with Gasteiger partial charge in [0.05, 0.1) is 15.8 Å². The topological polar surface area (TPSA) is 30.0 Å². The number of halogens is 3. The van der Waals surface area contributed by atoms with Crippen LogP contribution < -0.4 is 0 Å². The van der Waals surface area contributed by atoms with Gasteiger partial charge in [-0.1, -0.05) is 6.08 Å². The molecule has 0 bridgehead atoms. The molecule has 1 atom stereocenters. The number of pyridine rings is 1. The number of allylic oxidation sites excluding steroid dienone is 2. The Labute approximate surface area is 99.9 Å². The summed E-state index contributed by atoms with van der Waals surface area (Å²) < 4.78 is 37.4. The number of aldehydes is 1. The van der Waals surface area contributed by atoms with E-state index in [2.05, 4.69) is 4.98 Å². The maximum Gasteiger partial charge on any atom is 0.421 e. The minimum absolute atomic E-state index is 0.247. The summed E-state index contributed by atoms with van der Waals surface area (Å²) in [5.41, 5.74) is 0.768. The monoisotopic (exact) mass is 259 g/mol. The molecule has 0 saturated heterocycles. The van der Waals surface area contributed by atoms with Gasteiger partial charge >= 0.3 is 6.18 Å². The molecule has 0 spiro atoms. The van der Waals surface area contributed by atoms with Crippen molar-refractivity contribution in [3.05, 3.63) is 40.6 Å². The molecule has 0 aliphatic carbocycles. The summed E-state index contributed by atoms with van der Waals surface area (Å²) >= 11 is 0.715. The van der Waals surface area contributed by atoms with Crippen LogP contribution in [0.15, 0.2) is 29.3 Å². The van der Waals surface area contributed by atoms with Crippen molar-refractivity contribution >= 4 is 18.0 Å². The van der Waals surface area contributed by atoms with Gasteiger partial charge in [0.1, 0.15) is 0 Å². The first-order valence-corrected chi connectivity index (χ1v) is 5.74. The van der Waals surface area contributed by atoms with Crippen LogP contribution in [0.2, 0.25) is 0 Å². The zero-order valence-electron chi connectivity index (χ0n) is 8.57. The Balaban J connectivity index is 2.21. The molecule has 0 aromatic carbocycles. The number of hydrogen-bond acceptors (Lipinski definition) is 3. The fourth-order valence-corrected chi connectivity index (χ4v) is 2.75. The second-order valence-corrected chi connectivity index (χ2v) is 4.75. The predicted octanol–water partition coefficient (Wildman–Crippen LogP) is 3.52. The van der Waals surface area contributed by atoms with Crippen LogP contribution >= 0.6 is 11.8 Å². The Kier molecular flexibility index (Phi) is 3.24. The van der Waals surface area contributed by atoms with Crippen LogP contribution in [0.4, 0.5) is 13.2 Å². The lowest BCUT2D eigenvalue weighted by molar-refractivity contribution is -0.0835. The van der Waals surface area contributed by atoms with Crippen molar-refractivity contribution in [2.24, 2.45) is 0 Å². The third-order valence-corrected chi connectivity index (χ3v) is 3.72. The maximum absolute atomic E-state index is 12.5. The van der Waals surface area contributed by atoms with E-state index in [9.17, 15) is 18.0 Å². The van der Waals surface area contributed by atoms with Gasteiger partial charge in [-0.15, -0.1) is 11.8 Å². The fourth-order valence-electron chi connectivity index (χ4n) is 1.61. The van der Waals surface area contributed by atoms with E-state index in [1.165, 1.54) is 6.20 Å². The van der Waals surface area contributed by atoms with Crippen LogP contribution in [-0.2, 0) is 0 Å². The fraction of sp³-hybridized carbons (Fsp3) is 0.273. The van der Waals surface area contributed by atoms with E-state index in [0.29, 0.717) is 29.3 Å². The van der Waals surface area contributed by atoms with Crippen molar-refractivity contribution in [1.82, 2.24) is 4.98 Å². The lowest BCUT2D eigenvalue weighted by Gasteiger charge is -2.12. The average Bonchev–Trinajstić information content (AvgIpc) is 2.77. The first kappa shape index (κ1) is 12.2. The Morgan fingerprint density at radius 3 is 2.82 bits per heavy atom. The van der Waals surface area contributed by atoms with Gasteiger partial charge in [0.15, 0.2) is 6.29 Å². The standard InChI is InChI=1S/C11H8F3NOS/c12-11(13,14)9-4-3-8(17-9)10-7(6-16)2-1-5-15-10/h1-2,4-6,8H,3H2. The highest BCUT2D eigenvalue weighted by molar-refractivity contribution is 8.03. The van der Waals surface area contributed by atoms with E-state index in [4.69, 9.17) is 0 Å². The molecule has 90 valence electrons. The maximum atomic E-state index is 12.5. The van der Waals surface area contributed by atoms with Crippen LogP contribution in [-0.4, -0.2) is 17.4 Å². The number of aromatic nitrogens is 1. The molecule has 0 radical (unpaired) electrons. The minimum atomic E-state index is -4.31. The van der Waals surface area contributed by atoms with Crippen molar-refractivity contribution in [2.75, 3.05) is 0 Å². The summed E-state index contributed by atoms with van der Waals surface area (Å²) in [7, 11) is 0. The molecule has 1 aliphatic heterocycles. The predicted molar refractivity (Wildman–Crippen MR) is 58.7 cm³/mol. The van der Waals surface area contributed by atoms with E-state index < -0.39 is 16.3 Å². The molecule has 2 heterocycles. The number of alkyl halides is 3. The lowest BCUT2D eigenvalue weighted by atomic mass is 10.1. The second kappa shape index (κ2) is 4.52. The Morgan fingerprint density at radius 2 is 2.24 bits per heavy atom. The van der Waals surface area contributed by atoms with E-state index in [-0.39, 0.29) is 6.42 Å². The first-order chi connectivity index (χ1) is 8.02. The third kappa shape index (κ3) is 2.52. The van der Waals surface area contributed by atoms with Gasteiger partial charge in [-0.3, -0.25) is 9.78 Å². The van der Waals surface area contributed by atoms with Crippen LogP contribution in [0.5, 0.6) is 0 Å². The molecule has 17 heavy (non-hydrogen) atoms. The Hall–Kier alpha value is -1.30. The minimum Gasteiger partial charge on any atom is -0.298 e. The number of thioether (sulfide) groups is 1. The molecule has 0 amide bonds. The molecule has 1 aromatic rings. The number of carbonyl (C=O) groups is 1. The summed E-state index contributed by atoms with van der Waals surface area (Å²) in [5.74, 6) is 0. The van der Waals surface area contributed by atoms with E-state index in [1.54, 1.807) is 12.1 Å². The zero-order chi connectivity index (χ0) is 12.5. The first-order valence-electron chi connectivity index (χ1n) is 4.86. The van der Waals surface area contributed by atoms with Gasteiger partial charge in [0.2, 0.25) is 0 Å². The molecule has 6 heteroatoms. The van der Waals surface area contributed by atoms with Crippen molar-refractivity contribution in [2.45, 2.75) is 17.8 Å². The number of hydrogen-bond donors (Lipinski definition) is 0. The third-order valence-electron chi connectivity index (χ3n) is 2.37. The molecule has 1 unspecified atom stereocenters. The molecule has 0 N–H and O–H groups in total. The number of carbonyl (C=O) groups excluding carboxylic acids is 1. The molecule has 2 nitrogen and oxygen atoms in total.